The Morgan fingerprint density at radius 3 is 2.55 bits per heavy atom. The first-order valence-electron chi connectivity index (χ1n) is 14.2. The number of hydrogen-bond donors (Lipinski definition) is 0. The van der Waals surface area contributed by atoms with Crippen LogP contribution in [-0.4, -0.2) is 6.54 Å². The lowest BCUT2D eigenvalue weighted by atomic mass is 10.1. The number of halogens is 1. The van der Waals surface area contributed by atoms with Gasteiger partial charge in [-0.3, -0.25) is 0 Å². The van der Waals surface area contributed by atoms with Gasteiger partial charge in [-0.15, -0.1) is 0 Å². The van der Waals surface area contributed by atoms with Crippen LogP contribution >= 0.6 is 23.4 Å². The second-order valence-electron chi connectivity index (χ2n) is 10.4. The molecule has 0 amide bonds. The molecule has 1 aromatic heterocycles. The number of thioether (sulfide) groups is 1. The Morgan fingerprint density at radius 1 is 1.00 bits per heavy atom. The highest BCUT2D eigenvalue weighted by molar-refractivity contribution is 8.03. The highest BCUT2D eigenvalue weighted by atomic mass is 35.5. The van der Waals surface area contributed by atoms with E-state index < -0.39 is 0 Å². The highest BCUT2D eigenvalue weighted by Gasteiger charge is 2.25. The Morgan fingerprint density at radius 2 is 1.76 bits per heavy atom. The Labute approximate surface area is 239 Å². The fraction of sp³-hybridized carbons (Fsp3) is 0.382. The lowest BCUT2D eigenvalue weighted by Gasteiger charge is -2.21. The number of aromatic nitrogens is 1. The predicted octanol–water partition coefficient (Wildman–Crippen LogP) is 10.2. The zero-order valence-corrected chi connectivity index (χ0v) is 25.3. The zero-order valence-electron chi connectivity index (χ0n) is 23.7. The van der Waals surface area contributed by atoms with Crippen molar-refractivity contribution in [2.45, 2.75) is 84.6 Å². The molecule has 0 unspecified atom stereocenters. The summed E-state index contributed by atoms with van der Waals surface area (Å²) in [6.07, 6.45) is 18.5. The van der Waals surface area contributed by atoms with Crippen LogP contribution in [0.3, 0.4) is 0 Å². The third-order valence-corrected chi connectivity index (χ3v) is 8.79. The Kier molecular flexibility index (Phi) is 10.2. The quantitative estimate of drug-likeness (QED) is 0.134. The minimum Gasteiger partial charge on any atom is -0.335 e. The number of anilines is 1. The Bertz CT molecular complexity index is 1370. The van der Waals surface area contributed by atoms with Crippen molar-refractivity contribution >= 4 is 46.0 Å². The van der Waals surface area contributed by atoms with Gasteiger partial charge in [0.2, 0.25) is 5.52 Å². The third-order valence-electron chi connectivity index (χ3n) is 7.37. The number of rotatable bonds is 11. The van der Waals surface area contributed by atoms with Gasteiger partial charge in [0.1, 0.15) is 11.6 Å². The summed E-state index contributed by atoms with van der Waals surface area (Å²) in [6, 6.07) is 13.2. The molecule has 200 valence electrons. The molecule has 2 nitrogen and oxygen atoms in total. The topological polar surface area (TPSA) is 7.12 Å². The summed E-state index contributed by atoms with van der Waals surface area (Å²) in [5.74, 6) is 0. The van der Waals surface area contributed by atoms with Crippen molar-refractivity contribution in [1.82, 2.24) is 0 Å². The molecule has 4 rings (SSSR count). The van der Waals surface area contributed by atoms with E-state index in [1.54, 1.807) is 0 Å². The molecule has 0 bridgehead atoms. The van der Waals surface area contributed by atoms with Crippen LogP contribution in [0.15, 0.2) is 76.3 Å². The molecule has 0 aliphatic carbocycles. The van der Waals surface area contributed by atoms with Gasteiger partial charge in [-0.2, -0.15) is 4.57 Å². The normalized spacial score (nSPS) is 14.8. The summed E-state index contributed by atoms with van der Waals surface area (Å²) in [6.45, 7) is 13.2. The molecule has 2 heterocycles. The van der Waals surface area contributed by atoms with Crippen LogP contribution in [0.2, 0.25) is 5.02 Å². The first-order valence-corrected chi connectivity index (χ1v) is 15.4. The molecule has 3 aromatic rings. The fourth-order valence-electron chi connectivity index (χ4n) is 4.95. The maximum atomic E-state index is 6.68. The van der Waals surface area contributed by atoms with Crippen LogP contribution in [-0.2, 0) is 6.54 Å². The molecule has 0 radical (unpaired) electrons. The summed E-state index contributed by atoms with van der Waals surface area (Å²) in [5.41, 5.74) is 7.64. The van der Waals surface area contributed by atoms with Gasteiger partial charge in [0.15, 0.2) is 6.20 Å². The van der Waals surface area contributed by atoms with Gasteiger partial charge < -0.3 is 4.90 Å². The van der Waals surface area contributed by atoms with Crippen molar-refractivity contribution in [2.24, 2.45) is 0 Å². The number of benzene rings is 2. The van der Waals surface area contributed by atoms with Gasteiger partial charge >= 0.3 is 0 Å². The molecule has 4 heteroatoms. The number of aryl methyl sites for hydroxylation is 3. The van der Waals surface area contributed by atoms with Crippen LogP contribution in [0.4, 0.5) is 5.69 Å². The average molecular weight is 546 g/mol. The first-order chi connectivity index (χ1) is 18.4. The molecule has 0 spiro atoms. The van der Waals surface area contributed by atoms with E-state index in [1.165, 1.54) is 81.8 Å². The van der Waals surface area contributed by atoms with Crippen molar-refractivity contribution in [1.29, 1.82) is 0 Å². The monoisotopic (exact) mass is 545 g/mol. The number of pyridine rings is 1. The number of fused-ring (bicyclic) bond motifs is 2. The summed E-state index contributed by atoms with van der Waals surface area (Å²) in [5, 5.41) is 3.34. The standard InChI is InChI=1S/C34H42ClN2S/c1-6-8-10-20-36-22-19-28(29-13-12-14-30(35)34(29)36)17-15-25(3)16-18-33-37(21-11-9-7-2)31-23-26(4)27(5)24-32(31)38-33/h12-19,22-24H,6-11,20-21H2,1-5H3/q+1. The van der Waals surface area contributed by atoms with Gasteiger partial charge in [-0.05, 0) is 80.6 Å². The van der Waals surface area contributed by atoms with E-state index >= 15 is 0 Å². The van der Waals surface area contributed by atoms with E-state index in [4.69, 9.17) is 11.6 Å². The molecule has 1 aliphatic heterocycles. The molecular weight excluding hydrogens is 504 g/mol. The van der Waals surface area contributed by atoms with Gasteiger partial charge in [-0.1, -0.05) is 86.3 Å². The predicted molar refractivity (Wildman–Crippen MR) is 168 cm³/mol. The van der Waals surface area contributed by atoms with E-state index in [2.05, 4.69) is 105 Å². The van der Waals surface area contributed by atoms with Crippen LogP contribution < -0.4 is 9.47 Å². The first kappa shape index (κ1) is 28.5. The van der Waals surface area contributed by atoms with E-state index in [9.17, 15) is 0 Å². The Hall–Kier alpha value is -2.49. The minimum absolute atomic E-state index is 0.817. The maximum Gasteiger partial charge on any atom is 0.231 e. The molecule has 2 aromatic carbocycles. The van der Waals surface area contributed by atoms with Gasteiger partial charge in [0, 0.05) is 23.9 Å². The van der Waals surface area contributed by atoms with E-state index in [0.717, 1.165) is 23.6 Å². The van der Waals surface area contributed by atoms with E-state index in [-0.39, 0.29) is 0 Å². The summed E-state index contributed by atoms with van der Waals surface area (Å²) in [4.78, 5) is 3.89. The molecule has 0 N–H and O–H groups in total. The van der Waals surface area contributed by atoms with Crippen LogP contribution in [0.5, 0.6) is 0 Å². The molecule has 38 heavy (non-hydrogen) atoms. The zero-order chi connectivity index (χ0) is 27.1. The van der Waals surface area contributed by atoms with Crippen LogP contribution in [0.25, 0.3) is 17.0 Å². The maximum absolute atomic E-state index is 6.68. The molecule has 0 saturated carbocycles. The van der Waals surface area contributed by atoms with Crippen molar-refractivity contribution in [2.75, 3.05) is 11.4 Å². The number of unbranched alkanes of at least 4 members (excludes halogenated alkanes) is 4. The lowest BCUT2D eigenvalue weighted by molar-refractivity contribution is -0.671. The summed E-state index contributed by atoms with van der Waals surface area (Å²) in [7, 11) is 0. The third kappa shape index (κ3) is 6.74. The van der Waals surface area contributed by atoms with Gasteiger partial charge in [-0.25, -0.2) is 0 Å². The van der Waals surface area contributed by atoms with Gasteiger partial charge in [0.25, 0.3) is 0 Å². The summed E-state index contributed by atoms with van der Waals surface area (Å²) < 4.78 is 2.31. The second kappa shape index (κ2) is 13.5. The van der Waals surface area contributed by atoms with E-state index in [1.807, 2.05) is 17.8 Å². The van der Waals surface area contributed by atoms with Crippen LogP contribution in [0, 0.1) is 13.8 Å². The van der Waals surface area contributed by atoms with E-state index in [0.29, 0.717) is 0 Å². The molecule has 0 fully saturated rings. The van der Waals surface area contributed by atoms with Crippen LogP contribution in [0.1, 0.15) is 76.0 Å². The number of nitrogens with zero attached hydrogens (tertiary/aromatic N) is 2. The summed E-state index contributed by atoms with van der Waals surface area (Å²) >= 11 is 8.57. The number of para-hydroxylation sites is 1. The average Bonchev–Trinajstić information content (AvgIpc) is 3.23. The lowest BCUT2D eigenvalue weighted by Crippen LogP contribution is -2.34. The molecule has 0 atom stereocenters. The fourth-order valence-corrected chi connectivity index (χ4v) is 6.40. The largest absolute Gasteiger partial charge is 0.335 e. The van der Waals surface area contributed by atoms with Crippen molar-refractivity contribution < 1.29 is 4.57 Å². The highest BCUT2D eigenvalue weighted by Crippen LogP contribution is 2.47. The van der Waals surface area contributed by atoms with Crippen molar-refractivity contribution in [3.05, 3.63) is 93.1 Å². The Balaban J connectivity index is 1.58. The number of hydrogen-bond acceptors (Lipinski definition) is 2. The van der Waals surface area contributed by atoms with Crippen molar-refractivity contribution in [3.63, 3.8) is 0 Å². The smallest absolute Gasteiger partial charge is 0.231 e. The molecule has 1 aliphatic rings. The number of allylic oxidation sites excluding steroid dienone is 4. The molecule has 0 saturated heterocycles. The van der Waals surface area contributed by atoms with Gasteiger partial charge in [0.05, 0.1) is 16.1 Å². The van der Waals surface area contributed by atoms with Crippen molar-refractivity contribution in [3.8, 4) is 0 Å². The SMILES string of the molecule is CCCCCN1C(=CC=C(C)C=Cc2cc[n+](CCCCC)c3c(Cl)cccc23)Sc2cc(C)c(C)cc21. The minimum atomic E-state index is 0.817. The molecular formula is C34H42ClN2S+. The second-order valence-corrected chi connectivity index (χ2v) is 11.9.